The van der Waals surface area contributed by atoms with Crippen LogP contribution in [0.2, 0.25) is 0 Å². The number of halogens is 1. The van der Waals surface area contributed by atoms with Crippen molar-refractivity contribution in [3.8, 4) is 0 Å². The second-order valence-corrected chi connectivity index (χ2v) is 7.25. The average molecular weight is 243 g/mol. The second kappa shape index (κ2) is 3.63. The van der Waals surface area contributed by atoms with Crippen LogP contribution in [0.15, 0.2) is 0 Å². The normalized spacial score (nSPS) is 32.9. The summed E-state index contributed by atoms with van der Waals surface area (Å²) < 4.78 is 32.7. The molecule has 84 valence electrons. The highest BCUT2D eigenvalue weighted by atomic mass is 35.7. The van der Waals surface area contributed by atoms with Gasteiger partial charge in [0.25, 0.3) is 0 Å². The molecule has 1 aliphatic rings. The molecule has 0 spiro atoms. The van der Waals surface area contributed by atoms with Crippen molar-refractivity contribution in [2.24, 2.45) is 0 Å². The van der Waals surface area contributed by atoms with Crippen molar-refractivity contribution in [1.29, 1.82) is 0 Å². The van der Waals surface area contributed by atoms with Gasteiger partial charge in [0, 0.05) is 10.7 Å². The minimum atomic E-state index is -3.55. The summed E-state index contributed by atoms with van der Waals surface area (Å²) in [6.45, 7) is 6.08. The predicted molar refractivity (Wildman–Crippen MR) is 54.0 cm³/mol. The third-order valence-electron chi connectivity index (χ3n) is 2.01. The van der Waals surface area contributed by atoms with Gasteiger partial charge in [-0.1, -0.05) is 0 Å². The molecule has 0 aliphatic carbocycles. The Labute approximate surface area is 88.9 Å². The Morgan fingerprint density at radius 2 is 1.79 bits per heavy atom. The van der Waals surface area contributed by atoms with E-state index in [2.05, 4.69) is 0 Å². The van der Waals surface area contributed by atoms with E-state index in [4.69, 9.17) is 20.2 Å². The van der Waals surface area contributed by atoms with Gasteiger partial charge in [0.15, 0.2) is 0 Å². The van der Waals surface area contributed by atoms with Gasteiger partial charge in [-0.25, -0.2) is 8.42 Å². The van der Waals surface area contributed by atoms with Crippen LogP contribution in [0.4, 0.5) is 0 Å². The van der Waals surface area contributed by atoms with E-state index in [1.54, 1.807) is 6.92 Å². The number of rotatable bonds is 2. The summed E-state index contributed by atoms with van der Waals surface area (Å²) in [7, 11) is 1.61. The largest absolute Gasteiger partial charge is 0.370 e. The molecular formula is C8H15ClO4S. The van der Waals surface area contributed by atoms with Crippen molar-refractivity contribution in [2.75, 3.05) is 19.0 Å². The highest BCUT2D eigenvalue weighted by Gasteiger charge is 2.39. The molecule has 1 unspecified atom stereocenters. The zero-order valence-corrected chi connectivity index (χ0v) is 10.1. The van der Waals surface area contributed by atoms with Gasteiger partial charge in [-0.3, -0.25) is 0 Å². The first-order valence-corrected chi connectivity index (χ1v) is 6.80. The summed E-state index contributed by atoms with van der Waals surface area (Å²) in [5.74, 6) is -0.225. The zero-order valence-electron chi connectivity index (χ0n) is 8.54. The number of hydrogen-bond donors (Lipinski definition) is 0. The Balaban J connectivity index is 2.63. The van der Waals surface area contributed by atoms with E-state index in [1.165, 1.54) is 0 Å². The molecule has 1 saturated heterocycles. The van der Waals surface area contributed by atoms with Crippen molar-refractivity contribution >= 4 is 19.7 Å². The molecule has 0 N–H and O–H groups in total. The van der Waals surface area contributed by atoms with Crippen LogP contribution in [-0.2, 0) is 18.5 Å². The molecule has 1 fully saturated rings. The summed E-state index contributed by atoms with van der Waals surface area (Å²) in [6, 6.07) is 0. The molecular weight excluding hydrogens is 228 g/mol. The Hall–Kier alpha value is 0.160. The molecule has 0 saturated carbocycles. The zero-order chi connectivity index (χ0) is 11.0. The predicted octanol–water partition coefficient (Wildman–Crippen LogP) is 1.14. The van der Waals surface area contributed by atoms with Crippen LogP contribution in [0.3, 0.4) is 0 Å². The first-order chi connectivity index (χ1) is 6.12. The summed E-state index contributed by atoms with van der Waals surface area (Å²) in [4.78, 5) is 0. The molecule has 0 aromatic carbocycles. The fourth-order valence-corrected chi connectivity index (χ4v) is 2.82. The van der Waals surface area contributed by atoms with Gasteiger partial charge in [0.1, 0.15) is 5.60 Å². The molecule has 0 radical (unpaired) electrons. The minimum absolute atomic E-state index is 0.225. The van der Waals surface area contributed by atoms with Gasteiger partial charge in [0.2, 0.25) is 9.05 Å². The molecule has 0 bridgehead atoms. The molecule has 1 aliphatic heterocycles. The van der Waals surface area contributed by atoms with E-state index in [-0.39, 0.29) is 18.0 Å². The first-order valence-electron chi connectivity index (χ1n) is 4.32. The average Bonchev–Trinajstić information content (AvgIpc) is 1.93. The fraction of sp³-hybridized carbons (Fsp3) is 1.00. The van der Waals surface area contributed by atoms with Gasteiger partial charge < -0.3 is 9.47 Å². The standard InChI is InChI=1S/C8H15ClO4S/c1-7(2)4-13-8(3,5-12-7)6-14(9,10)11/h4-6H2,1-3H3. The molecule has 4 nitrogen and oxygen atoms in total. The van der Waals surface area contributed by atoms with Crippen LogP contribution in [0.25, 0.3) is 0 Å². The third kappa shape index (κ3) is 3.73. The first kappa shape index (κ1) is 12.2. The van der Waals surface area contributed by atoms with Crippen LogP contribution in [0.1, 0.15) is 20.8 Å². The number of hydrogen-bond acceptors (Lipinski definition) is 4. The van der Waals surface area contributed by atoms with Crippen molar-refractivity contribution in [3.05, 3.63) is 0 Å². The van der Waals surface area contributed by atoms with E-state index >= 15 is 0 Å². The van der Waals surface area contributed by atoms with Crippen LogP contribution in [0, 0.1) is 0 Å². The summed E-state index contributed by atoms with van der Waals surface area (Å²) in [6.07, 6.45) is 0. The SMILES string of the molecule is CC1(C)COC(C)(CS(=O)(=O)Cl)CO1. The van der Waals surface area contributed by atoms with Crippen LogP contribution in [0.5, 0.6) is 0 Å². The Bertz CT molecular complexity index is 299. The fourth-order valence-electron chi connectivity index (χ4n) is 1.23. The summed E-state index contributed by atoms with van der Waals surface area (Å²) in [5.41, 5.74) is -1.17. The monoisotopic (exact) mass is 242 g/mol. The molecule has 1 heterocycles. The molecule has 0 aromatic heterocycles. The van der Waals surface area contributed by atoms with Crippen molar-refractivity contribution < 1.29 is 17.9 Å². The van der Waals surface area contributed by atoms with Crippen LogP contribution >= 0.6 is 10.7 Å². The summed E-state index contributed by atoms with van der Waals surface area (Å²) >= 11 is 0. The molecule has 0 amide bonds. The smallest absolute Gasteiger partial charge is 0.235 e. The van der Waals surface area contributed by atoms with E-state index in [0.29, 0.717) is 6.61 Å². The van der Waals surface area contributed by atoms with Gasteiger partial charge in [-0.05, 0) is 20.8 Å². The quantitative estimate of drug-likeness (QED) is 0.682. The van der Waals surface area contributed by atoms with Gasteiger partial charge in [0.05, 0.1) is 24.6 Å². The Morgan fingerprint density at radius 1 is 1.21 bits per heavy atom. The molecule has 14 heavy (non-hydrogen) atoms. The topological polar surface area (TPSA) is 52.6 Å². The van der Waals surface area contributed by atoms with E-state index in [9.17, 15) is 8.42 Å². The maximum absolute atomic E-state index is 10.9. The highest BCUT2D eigenvalue weighted by molar-refractivity contribution is 8.13. The lowest BCUT2D eigenvalue weighted by atomic mass is 10.1. The lowest BCUT2D eigenvalue weighted by Gasteiger charge is -2.40. The molecule has 1 rings (SSSR count). The maximum Gasteiger partial charge on any atom is 0.235 e. The highest BCUT2D eigenvalue weighted by Crippen LogP contribution is 2.26. The van der Waals surface area contributed by atoms with Crippen molar-refractivity contribution in [3.63, 3.8) is 0 Å². The maximum atomic E-state index is 10.9. The van der Waals surface area contributed by atoms with Crippen LogP contribution in [-0.4, -0.2) is 38.6 Å². The second-order valence-electron chi connectivity index (χ2n) is 4.47. The van der Waals surface area contributed by atoms with Gasteiger partial charge >= 0.3 is 0 Å². The van der Waals surface area contributed by atoms with E-state index < -0.39 is 14.7 Å². The molecule has 1 atom stereocenters. The Kier molecular flexibility index (Phi) is 3.17. The lowest BCUT2D eigenvalue weighted by molar-refractivity contribution is -0.208. The summed E-state index contributed by atoms with van der Waals surface area (Å²) in [5, 5.41) is 0. The third-order valence-corrected chi connectivity index (χ3v) is 3.30. The Morgan fingerprint density at radius 3 is 2.14 bits per heavy atom. The minimum Gasteiger partial charge on any atom is -0.370 e. The van der Waals surface area contributed by atoms with E-state index in [1.807, 2.05) is 13.8 Å². The van der Waals surface area contributed by atoms with Crippen LogP contribution < -0.4 is 0 Å². The molecule has 6 heteroatoms. The molecule has 0 aromatic rings. The number of ether oxygens (including phenoxy) is 2. The van der Waals surface area contributed by atoms with Gasteiger partial charge in [-0.15, -0.1) is 0 Å². The van der Waals surface area contributed by atoms with E-state index in [0.717, 1.165) is 0 Å². The van der Waals surface area contributed by atoms with Gasteiger partial charge in [-0.2, -0.15) is 0 Å². The van der Waals surface area contributed by atoms with Crippen molar-refractivity contribution in [2.45, 2.75) is 32.0 Å². The lowest BCUT2D eigenvalue weighted by Crippen LogP contribution is -2.52. The van der Waals surface area contributed by atoms with Crippen molar-refractivity contribution in [1.82, 2.24) is 0 Å².